The Labute approximate surface area is 107 Å². The number of para-hydroxylation sites is 1. The highest BCUT2D eigenvalue weighted by atomic mass is 19.1. The van der Waals surface area contributed by atoms with Crippen LogP contribution >= 0.6 is 0 Å². The summed E-state index contributed by atoms with van der Waals surface area (Å²) in [6, 6.07) is 17.8. The van der Waals surface area contributed by atoms with E-state index in [1.807, 2.05) is 54.6 Å². The topological polar surface area (TPSA) is 24.1 Å². The number of hydrogen-bond donors (Lipinski definition) is 2. The lowest BCUT2D eigenvalue weighted by Gasteiger charge is -2.11. The van der Waals surface area contributed by atoms with Gasteiger partial charge in [-0.05, 0) is 23.3 Å². The van der Waals surface area contributed by atoms with E-state index in [4.69, 9.17) is 0 Å². The van der Waals surface area contributed by atoms with Crippen LogP contribution in [-0.4, -0.2) is 6.67 Å². The van der Waals surface area contributed by atoms with Gasteiger partial charge in [-0.15, -0.1) is 0 Å². The zero-order valence-corrected chi connectivity index (χ0v) is 10.2. The minimum absolute atomic E-state index is 0.316. The highest BCUT2D eigenvalue weighted by Gasteiger charge is 2.00. The molecule has 2 nitrogen and oxygen atoms in total. The van der Waals surface area contributed by atoms with Crippen LogP contribution in [0.2, 0.25) is 0 Å². The molecule has 0 aliphatic rings. The predicted molar refractivity (Wildman–Crippen MR) is 73.0 cm³/mol. The Morgan fingerprint density at radius 2 is 1.50 bits per heavy atom. The van der Waals surface area contributed by atoms with Crippen LogP contribution in [0.25, 0.3) is 0 Å². The van der Waals surface area contributed by atoms with Crippen LogP contribution < -0.4 is 10.9 Å². The Morgan fingerprint density at radius 1 is 0.833 bits per heavy atom. The zero-order chi connectivity index (χ0) is 12.6. The molecular weight excluding hydrogens is 227 g/mol. The van der Waals surface area contributed by atoms with Crippen molar-refractivity contribution in [1.82, 2.24) is 5.43 Å². The van der Waals surface area contributed by atoms with Crippen molar-refractivity contribution >= 4 is 5.69 Å². The van der Waals surface area contributed by atoms with Crippen molar-refractivity contribution in [2.45, 2.75) is 13.0 Å². The Morgan fingerprint density at radius 3 is 2.22 bits per heavy atom. The predicted octanol–water partition coefficient (Wildman–Crippen LogP) is 3.32. The summed E-state index contributed by atoms with van der Waals surface area (Å²) in [5.41, 5.74) is 9.46. The number of alkyl halides is 1. The molecule has 2 aromatic rings. The van der Waals surface area contributed by atoms with E-state index in [0.29, 0.717) is 13.0 Å². The van der Waals surface area contributed by atoms with Crippen molar-refractivity contribution in [3.63, 3.8) is 0 Å². The van der Waals surface area contributed by atoms with Crippen molar-refractivity contribution in [2.24, 2.45) is 0 Å². The molecule has 2 rings (SSSR count). The summed E-state index contributed by atoms with van der Waals surface area (Å²) in [6.45, 7) is 0.355. The number of aryl methyl sites for hydroxylation is 1. The molecule has 0 aromatic heterocycles. The van der Waals surface area contributed by atoms with E-state index in [9.17, 15) is 4.39 Å². The van der Waals surface area contributed by atoms with Crippen LogP contribution in [-0.2, 0) is 13.0 Å². The van der Waals surface area contributed by atoms with Crippen LogP contribution in [0.5, 0.6) is 0 Å². The average molecular weight is 244 g/mol. The first kappa shape index (κ1) is 12.6. The van der Waals surface area contributed by atoms with Gasteiger partial charge in [0, 0.05) is 18.7 Å². The number of halogens is 1. The van der Waals surface area contributed by atoms with Gasteiger partial charge >= 0.3 is 0 Å². The molecule has 0 heterocycles. The highest BCUT2D eigenvalue weighted by molar-refractivity contribution is 5.41. The molecule has 0 bridgehead atoms. The molecule has 0 amide bonds. The zero-order valence-electron chi connectivity index (χ0n) is 10.2. The molecule has 3 heteroatoms. The minimum atomic E-state index is -0.316. The lowest BCUT2D eigenvalue weighted by Crippen LogP contribution is -2.21. The van der Waals surface area contributed by atoms with Crippen LogP contribution in [0.4, 0.5) is 10.1 Å². The summed E-state index contributed by atoms with van der Waals surface area (Å²) in [5, 5.41) is 0. The number of rotatable bonds is 6. The fourth-order valence-corrected chi connectivity index (χ4v) is 1.84. The molecule has 0 saturated carbocycles. The number of hydrogen-bond acceptors (Lipinski definition) is 2. The van der Waals surface area contributed by atoms with E-state index in [1.165, 1.54) is 0 Å². The normalized spacial score (nSPS) is 10.3. The molecule has 0 unspecified atom stereocenters. The van der Waals surface area contributed by atoms with Crippen molar-refractivity contribution in [3.05, 3.63) is 65.7 Å². The van der Waals surface area contributed by atoms with Gasteiger partial charge in [-0.3, -0.25) is 4.39 Å². The van der Waals surface area contributed by atoms with Crippen LogP contribution in [0, 0.1) is 0 Å². The van der Waals surface area contributed by atoms with E-state index in [1.54, 1.807) is 0 Å². The van der Waals surface area contributed by atoms with E-state index in [2.05, 4.69) is 10.9 Å². The second-order valence-corrected chi connectivity index (χ2v) is 4.05. The number of hydrazine groups is 1. The maximum Gasteiger partial charge on any atom is 0.0934 e. The maximum atomic E-state index is 12.4. The average Bonchev–Trinajstić information content (AvgIpc) is 2.42. The Hall–Kier alpha value is -1.87. The first-order valence-corrected chi connectivity index (χ1v) is 6.07. The Balaban J connectivity index is 1.90. The second-order valence-electron chi connectivity index (χ2n) is 4.05. The van der Waals surface area contributed by atoms with Crippen LogP contribution in [0.3, 0.4) is 0 Å². The van der Waals surface area contributed by atoms with Crippen molar-refractivity contribution in [3.8, 4) is 0 Å². The summed E-state index contributed by atoms with van der Waals surface area (Å²) >= 11 is 0. The largest absolute Gasteiger partial charge is 0.321 e. The second kappa shape index (κ2) is 6.77. The summed E-state index contributed by atoms with van der Waals surface area (Å²) in [5.74, 6) is 0. The monoisotopic (exact) mass is 244 g/mol. The number of anilines is 1. The van der Waals surface area contributed by atoms with E-state index < -0.39 is 0 Å². The van der Waals surface area contributed by atoms with Gasteiger partial charge in [0.2, 0.25) is 0 Å². The van der Waals surface area contributed by atoms with Gasteiger partial charge in [-0.2, -0.15) is 0 Å². The van der Waals surface area contributed by atoms with Gasteiger partial charge in [0.25, 0.3) is 0 Å². The molecule has 0 saturated heterocycles. The van der Waals surface area contributed by atoms with E-state index in [-0.39, 0.29) is 6.67 Å². The smallest absolute Gasteiger partial charge is 0.0934 e. The number of benzene rings is 2. The van der Waals surface area contributed by atoms with Crippen molar-refractivity contribution in [1.29, 1.82) is 0 Å². The standard InChI is InChI=1S/C15H17FN2/c16-11-10-13-6-4-5-7-14(13)12-17-18-15-8-2-1-3-9-15/h1-9,17-18H,10-12H2. The summed E-state index contributed by atoms with van der Waals surface area (Å²) in [6.07, 6.45) is 0.475. The molecule has 0 atom stereocenters. The quantitative estimate of drug-likeness (QED) is 0.762. The summed E-state index contributed by atoms with van der Waals surface area (Å²) in [7, 11) is 0. The van der Waals surface area contributed by atoms with Gasteiger partial charge in [-0.1, -0.05) is 42.5 Å². The van der Waals surface area contributed by atoms with Gasteiger partial charge < -0.3 is 5.43 Å². The van der Waals surface area contributed by atoms with Gasteiger partial charge in [0.1, 0.15) is 0 Å². The molecule has 2 aromatic carbocycles. The third-order valence-corrected chi connectivity index (χ3v) is 2.77. The molecule has 94 valence electrons. The molecule has 0 fully saturated rings. The first-order valence-electron chi connectivity index (χ1n) is 6.07. The molecule has 18 heavy (non-hydrogen) atoms. The fourth-order valence-electron chi connectivity index (χ4n) is 1.84. The van der Waals surface area contributed by atoms with E-state index in [0.717, 1.165) is 16.8 Å². The van der Waals surface area contributed by atoms with Gasteiger partial charge in [0.15, 0.2) is 0 Å². The number of nitrogens with one attached hydrogen (secondary N) is 2. The Kier molecular flexibility index (Phi) is 4.73. The van der Waals surface area contributed by atoms with Crippen LogP contribution in [0.1, 0.15) is 11.1 Å². The highest BCUT2D eigenvalue weighted by Crippen LogP contribution is 2.10. The molecule has 0 radical (unpaired) electrons. The molecular formula is C15H17FN2. The lowest BCUT2D eigenvalue weighted by atomic mass is 10.1. The van der Waals surface area contributed by atoms with Crippen molar-refractivity contribution < 1.29 is 4.39 Å². The Bertz CT molecular complexity index is 471. The molecule has 0 aliphatic carbocycles. The summed E-state index contributed by atoms with van der Waals surface area (Å²) < 4.78 is 12.4. The van der Waals surface area contributed by atoms with Gasteiger partial charge in [-0.25, -0.2) is 5.43 Å². The first-order chi connectivity index (χ1) is 8.90. The molecule has 0 aliphatic heterocycles. The molecule has 0 spiro atoms. The minimum Gasteiger partial charge on any atom is -0.321 e. The third-order valence-electron chi connectivity index (χ3n) is 2.77. The van der Waals surface area contributed by atoms with Crippen LogP contribution in [0.15, 0.2) is 54.6 Å². The molecule has 2 N–H and O–H groups in total. The van der Waals surface area contributed by atoms with E-state index >= 15 is 0 Å². The van der Waals surface area contributed by atoms with Crippen molar-refractivity contribution in [2.75, 3.05) is 12.1 Å². The fraction of sp³-hybridized carbons (Fsp3) is 0.200. The third kappa shape index (κ3) is 3.57. The lowest BCUT2D eigenvalue weighted by molar-refractivity contribution is 0.494. The summed E-state index contributed by atoms with van der Waals surface area (Å²) in [4.78, 5) is 0. The SMILES string of the molecule is FCCc1ccccc1CNNc1ccccc1. The maximum absolute atomic E-state index is 12.4. The van der Waals surface area contributed by atoms with Gasteiger partial charge in [0.05, 0.1) is 6.67 Å².